The molecule has 0 amide bonds. The van der Waals surface area contributed by atoms with Gasteiger partial charge in [-0.05, 0) is 6.07 Å². The van der Waals surface area contributed by atoms with E-state index in [0.29, 0.717) is 16.3 Å². The molecule has 0 saturated carbocycles. The Bertz CT molecular complexity index is 467. The summed E-state index contributed by atoms with van der Waals surface area (Å²) >= 11 is 5.71. The summed E-state index contributed by atoms with van der Waals surface area (Å²) in [5.41, 5.74) is 1.15. The molecule has 2 aromatic rings. The minimum atomic E-state index is 0.519. The van der Waals surface area contributed by atoms with Crippen LogP contribution < -0.4 is 0 Å². The highest BCUT2D eigenvalue weighted by molar-refractivity contribution is 6.30. The zero-order valence-corrected chi connectivity index (χ0v) is 7.85. The number of carbonyl (C=O) groups excluding carboxylic acids is 1. The van der Waals surface area contributed by atoms with Crippen LogP contribution in [0.25, 0.3) is 5.69 Å². The Labute approximate surface area is 85.1 Å². The zero-order chi connectivity index (χ0) is 9.97. The van der Waals surface area contributed by atoms with Crippen LogP contribution in [-0.2, 0) is 0 Å². The standard InChI is InChI=1S/C9H6ClN3O/c10-8-3-12-13(5-8)9-4-11-2-1-7(9)6-14/h1-6H. The molecule has 0 saturated heterocycles. The monoisotopic (exact) mass is 207 g/mol. The molecule has 2 heterocycles. The second-order valence-corrected chi connectivity index (χ2v) is 3.09. The second-order valence-electron chi connectivity index (χ2n) is 2.66. The summed E-state index contributed by atoms with van der Waals surface area (Å²) in [6.07, 6.45) is 6.99. The Balaban J connectivity index is 2.55. The van der Waals surface area contributed by atoms with Gasteiger partial charge in [0.2, 0.25) is 0 Å². The smallest absolute Gasteiger partial charge is 0.152 e. The number of hydrogen-bond donors (Lipinski definition) is 0. The van der Waals surface area contributed by atoms with Crippen molar-refractivity contribution in [3.63, 3.8) is 0 Å². The summed E-state index contributed by atoms with van der Waals surface area (Å²) in [5.74, 6) is 0. The molecule has 14 heavy (non-hydrogen) atoms. The van der Waals surface area contributed by atoms with E-state index in [9.17, 15) is 4.79 Å². The maximum absolute atomic E-state index is 10.7. The van der Waals surface area contributed by atoms with E-state index in [1.54, 1.807) is 24.7 Å². The third-order valence-corrected chi connectivity index (χ3v) is 1.95. The second kappa shape index (κ2) is 3.59. The molecule has 0 unspecified atom stereocenters. The van der Waals surface area contributed by atoms with Gasteiger partial charge in [0, 0.05) is 18.0 Å². The van der Waals surface area contributed by atoms with Crippen molar-refractivity contribution >= 4 is 17.9 Å². The molecule has 0 spiro atoms. The molecule has 0 fully saturated rings. The minimum Gasteiger partial charge on any atom is -0.298 e. The van der Waals surface area contributed by atoms with Crippen LogP contribution in [0.1, 0.15) is 10.4 Å². The molecular weight excluding hydrogens is 202 g/mol. The first kappa shape index (κ1) is 8.90. The van der Waals surface area contributed by atoms with Crippen LogP contribution in [0.5, 0.6) is 0 Å². The average Bonchev–Trinajstić information content (AvgIpc) is 2.65. The van der Waals surface area contributed by atoms with Crippen molar-refractivity contribution in [2.75, 3.05) is 0 Å². The van der Waals surface area contributed by atoms with E-state index in [0.717, 1.165) is 6.29 Å². The van der Waals surface area contributed by atoms with Gasteiger partial charge in [-0.15, -0.1) is 0 Å². The van der Waals surface area contributed by atoms with Crippen molar-refractivity contribution in [2.45, 2.75) is 0 Å². The topological polar surface area (TPSA) is 47.8 Å². The lowest BCUT2D eigenvalue weighted by Crippen LogP contribution is -1.99. The van der Waals surface area contributed by atoms with Crippen LogP contribution in [0.2, 0.25) is 5.02 Å². The third-order valence-electron chi connectivity index (χ3n) is 1.76. The largest absolute Gasteiger partial charge is 0.298 e. The van der Waals surface area contributed by atoms with E-state index in [2.05, 4.69) is 10.1 Å². The van der Waals surface area contributed by atoms with Crippen molar-refractivity contribution < 1.29 is 4.79 Å². The molecule has 0 radical (unpaired) electrons. The highest BCUT2D eigenvalue weighted by Gasteiger charge is 2.04. The van der Waals surface area contributed by atoms with E-state index in [1.807, 2.05) is 0 Å². The van der Waals surface area contributed by atoms with Gasteiger partial charge in [0.05, 0.1) is 23.1 Å². The molecule has 0 aliphatic heterocycles. The Kier molecular flexibility index (Phi) is 2.28. The maximum Gasteiger partial charge on any atom is 0.152 e. The van der Waals surface area contributed by atoms with Crippen molar-refractivity contribution in [2.24, 2.45) is 0 Å². The SMILES string of the molecule is O=Cc1ccncc1-n1cc(Cl)cn1. The number of nitrogens with zero attached hydrogens (tertiary/aromatic N) is 3. The summed E-state index contributed by atoms with van der Waals surface area (Å²) in [6.45, 7) is 0. The van der Waals surface area contributed by atoms with Gasteiger partial charge in [-0.3, -0.25) is 9.78 Å². The first-order valence-corrected chi connectivity index (χ1v) is 4.29. The highest BCUT2D eigenvalue weighted by atomic mass is 35.5. The average molecular weight is 208 g/mol. The van der Waals surface area contributed by atoms with Crippen LogP contribution in [0.15, 0.2) is 30.9 Å². The molecule has 0 aliphatic carbocycles. The lowest BCUT2D eigenvalue weighted by molar-refractivity contribution is 0.112. The van der Waals surface area contributed by atoms with Crippen molar-refractivity contribution in [1.82, 2.24) is 14.8 Å². The van der Waals surface area contributed by atoms with Gasteiger partial charge in [-0.2, -0.15) is 5.10 Å². The number of aldehydes is 1. The van der Waals surface area contributed by atoms with Gasteiger partial charge < -0.3 is 0 Å². The van der Waals surface area contributed by atoms with E-state index >= 15 is 0 Å². The number of carbonyl (C=O) groups is 1. The quantitative estimate of drug-likeness (QED) is 0.705. The molecule has 5 heteroatoms. The Morgan fingerprint density at radius 1 is 1.43 bits per heavy atom. The van der Waals surface area contributed by atoms with Gasteiger partial charge >= 0.3 is 0 Å². The molecule has 4 nitrogen and oxygen atoms in total. The molecular formula is C9H6ClN3O. The molecule has 0 aliphatic rings. The van der Waals surface area contributed by atoms with Gasteiger partial charge in [-0.1, -0.05) is 11.6 Å². The van der Waals surface area contributed by atoms with E-state index in [4.69, 9.17) is 11.6 Å². The summed E-state index contributed by atoms with van der Waals surface area (Å²) in [6, 6.07) is 1.62. The summed E-state index contributed by atoms with van der Waals surface area (Å²) in [4.78, 5) is 14.6. The normalized spacial score (nSPS) is 10.1. The van der Waals surface area contributed by atoms with Crippen LogP contribution >= 0.6 is 11.6 Å². The fraction of sp³-hybridized carbons (Fsp3) is 0. The number of aromatic nitrogens is 3. The molecule has 2 aromatic heterocycles. The molecule has 0 atom stereocenters. The lowest BCUT2D eigenvalue weighted by Gasteiger charge is -2.02. The molecule has 2 rings (SSSR count). The number of pyridine rings is 1. The zero-order valence-electron chi connectivity index (χ0n) is 7.09. The molecule has 0 bridgehead atoms. The lowest BCUT2D eigenvalue weighted by atomic mass is 10.2. The van der Waals surface area contributed by atoms with Crippen molar-refractivity contribution in [1.29, 1.82) is 0 Å². The van der Waals surface area contributed by atoms with Gasteiger partial charge in [0.1, 0.15) is 0 Å². The van der Waals surface area contributed by atoms with Crippen molar-refractivity contribution in [3.05, 3.63) is 41.4 Å². The van der Waals surface area contributed by atoms with Crippen LogP contribution in [0, 0.1) is 0 Å². The third kappa shape index (κ3) is 1.52. The van der Waals surface area contributed by atoms with E-state index in [-0.39, 0.29) is 0 Å². The minimum absolute atomic E-state index is 0.519. The summed E-state index contributed by atoms with van der Waals surface area (Å²) in [7, 11) is 0. The van der Waals surface area contributed by atoms with E-state index < -0.39 is 0 Å². The Morgan fingerprint density at radius 2 is 2.29 bits per heavy atom. The van der Waals surface area contributed by atoms with Crippen LogP contribution in [0.3, 0.4) is 0 Å². The fourth-order valence-electron chi connectivity index (χ4n) is 1.12. The number of hydrogen-bond acceptors (Lipinski definition) is 3. The van der Waals surface area contributed by atoms with Gasteiger partial charge in [-0.25, -0.2) is 4.68 Å². The predicted molar refractivity (Wildman–Crippen MR) is 51.8 cm³/mol. The van der Waals surface area contributed by atoms with Crippen molar-refractivity contribution in [3.8, 4) is 5.69 Å². The highest BCUT2D eigenvalue weighted by Crippen LogP contribution is 2.13. The predicted octanol–water partition coefficient (Wildman–Crippen LogP) is 1.73. The number of rotatable bonds is 2. The summed E-state index contributed by atoms with van der Waals surface area (Å²) < 4.78 is 1.51. The van der Waals surface area contributed by atoms with E-state index in [1.165, 1.54) is 10.9 Å². The van der Waals surface area contributed by atoms with Gasteiger partial charge in [0.15, 0.2) is 6.29 Å². The molecule has 0 N–H and O–H groups in total. The summed E-state index contributed by atoms with van der Waals surface area (Å²) in [5, 5.41) is 4.50. The Morgan fingerprint density at radius 3 is 2.93 bits per heavy atom. The number of halogens is 1. The van der Waals surface area contributed by atoms with Gasteiger partial charge in [0.25, 0.3) is 0 Å². The first-order chi connectivity index (χ1) is 6.81. The molecule has 70 valence electrons. The molecule has 0 aromatic carbocycles. The first-order valence-electron chi connectivity index (χ1n) is 3.91. The Hall–Kier alpha value is -1.68. The maximum atomic E-state index is 10.7. The fourth-order valence-corrected chi connectivity index (χ4v) is 1.26. The van der Waals surface area contributed by atoms with Crippen LogP contribution in [-0.4, -0.2) is 21.1 Å². The van der Waals surface area contributed by atoms with Crippen LogP contribution in [0.4, 0.5) is 0 Å².